The van der Waals surface area contributed by atoms with Crippen molar-refractivity contribution in [3.8, 4) is 0 Å². The molecule has 0 saturated carbocycles. The predicted octanol–water partition coefficient (Wildman–Crippen LogP) is 3.01. The second-order valence-corrected chi connectivity index (χ2v) is 6.82. The summed E-state index contributed by atoms with van der Waals surface area (Å²) in [4.78, 5) is 22.7. The first-order valence-corrected chi connectivity index (χ1v) is 8.29. The van der Waals surface area contributed by atoms with Gasteiger partial charge in [-0.3, -0.25) is 9.20 Å². The summed E-state index contributed by atoms with van der Waals surface area (Å²) in [5.41, 5.74) is 0.795. The summed E-state index contributed by atoms with van der Waals surface area (Å²) in [6, 6.07) is 0.439. The van der Waals surface area contributed by atoms with Crippen molar-refractivity contribution >= 4 is 39.0 Å². The highest BCUT2D eigenvalue weighted by molar-refractivity contribution is 9.10. The highest BCUT2D eigenvalue weighted by Gasteiger charge is 2.38. The van der Waals surface area contributed by atoms with Crippen molar-refractivity contribution in [1.82, 2.24) is 19.3 Å². The standard InChI is InChI=1S/C14H14BrClN4O/c15-12-11-13(16)17-5-6-19(11)14(18-12)8-1-2-9-3-4-10(21)20(9)7-8/h5-6,8-9H,1-4,7H2. The minimum Gasteiger partial charge on any atom is -0.339 e. The summed E-state index contributed by atoms with van der Waals surface area (Å²) in [5, 5.41) is 0.439. The molecule has 5 nitrogen and oxygen atoms in total. The normalized spacial score (nSPS) is 25.6. The highest BCUT2D eigenvalue weighted by atomic mass is 79.9. The number of rotatable bonds is 1. The third-order valence-electron chi connectivity index (χ3n) is 4.58. The van der Waals surface area contributed by atoms with E-state index in [0.717, 1.165) is 37.1 Å². The lowest BCUT2D eigenvalue weighted by atomic mass is 9.93. The van der Waals surface area contributed by atoms with Gasteiger partial charge in [-0.1, -0.05) is 11.6 Å². The molecule has 2 aliphatic rings. The van der Waals surface area contributed by atoms with Gasteiger partial charge in [0.15, 0.2) is 5.15 Å². The molecule has 0 bridgehead atoms. The molecule has 0 radical (unpaired) electrons. The number of carbonyl (C=O) groups excluding carboxylic acids is 1. The van der Waals surface area contributed by atoms with Crippen LogP contribution in [0.2, 0.25) is 5.15 Å². The van der Waals surface area contributed by atoms with Crippen LogP contribution in [0.1, 0.15) is 37.4 Å². The van der Waals surface area contributed by atoms with E-state index >= 15 is 0 Å². The first kappa shape index (κ1) is 13.5. The Balaban J connectivity index is 1.74. The Morgan fingerprint density at radius 2 is 2.19 bits per heavy atom. The predicted molar refractivity (Wildman–Crippen MR) is 82.4 cm³/mol. The second kappa shape index (κ2) is 4.95. The van der Waals surface area contributed by atoms with Crippen molar-refractivity contribution in [2.24, 2.45) is 0 Å². The van der Waals surface area contributed by atoms with E-state index in [1.54, 1.807) is 6.20 Å². The molecule has 0 aromatic carbocycles. The van der Waals surface area contributed by atoms with Crippen LogP contribution in [0.25, 0.3) is 5.52 Å². The SMILES string of the molecule is O=C1CCC2CCC(c3nc(Br)c4c(Cl)nccn34)CN12. The van der Waals surface area contributed by atoms with E-state index in [1.807, 2.05) is 15.5 Å². The zero-order valence-corrected chi connectivity index (χ0v) is 13.6. The quantitative estimate of drug-likeness (QED) is 0.776. The van der Waals surface area contributed by atoms with Crippen LogP contribution < -0.4 is 0 Å². The molecule has 2 aromatic rings. The van der Waals surface area contributed by atoms with E-state index in [9.17, 15) is 4.79 Å². The first-order chi connectivity index (χ1) is 10.1. The van der Waals surface area contributed by atoms with Crippen molar-refractivity contribution in [3.63, 3.8) is 0 Å². The largest absolute Gasteiger partial charge is 0.339 e. The molecule has 2 aromatic heterocycles. The van der Waals surface area contributed by atoms with Crippen molar-refractivity contribution < 1.29 is 4.79 Å². The Labute approximate surface area is 135 Å². The Bertz CT molecular complexity index is 731. The third kappa shape index (κ3) is 2.07. The minimum absolute atomic E-state index is 0.251. The molecule has 7 heteroatoms. The first-order valence-electron chi connectivity index (χ1n) is 7.12. The van der Waals surface area contributed by atoms with E-state index in [2.05, 4.69) is 25.9 Å². The Kier molecular flexibility index (Phi) is 3.19. The molecule has 4 heterocycles. The van der Waals surface area contributed by atoms with Gasteiger partial charge < -0.3 is 4.90 Å². The molecule has 2 atom stereocenters. The third-order valence-corrected chi connectivity index (χ3v) is 5.41. The van der Waals surface area contributed by atoms with Gasteiger partial charge in [0.2, 0.25) is 5.91 Å². The zero-order chi connectivity index (χ0) is 14.6. The van der Waals surface area contributed by atoms with Gasteiger partial charge in [0.1, 0.15) is 15.9 Å². The number of fused-ring (bicyclic) bond motifs is 2. The van der Waals surface area contributed by atoms with Crippen molar-refractivity contribution in [3.05, 3.63) is 28.0 Å². The minimum atomic E-state index is 0.251. The second-order valence-electron chi connectivity index (χ2n) is 5.71. The summed E-state index contributed by atoms with van der Waals surface area (Å²) in [6.07, 6.45) is 7.37. The molecule has 1 amide bonds. The van der Waals surface area contributed by atoms with Gasteiger partial charge >= 0.3 is 0 Å². The van der Waals surface area contributed by atoms with Gasteiger partial charge in [-0.15, -0.1) is 0 Å². The Hall–Kier alpha value is -1.14. The fraction of sp³-hybridized carbons (Fsp3) is 0.500. The maximum atomic E-state index is 12.0. The number of carbonyl (C=O) groups is 1. The van der Waals surface area contributed by atoms with Gasteiger partial charge in [0, 0.05) is 37.3 Å². The van der Waals surface area contributed by atoms with Gasteiger partial charge in [0.25, 0.3) is 0 Å². The molecular weight excluding hydrogens is 356 g/mol. The van der Waals surface area contributed by atoms with Crippen LogP contribution in [-0.2, 0) is 4.79 Å². The molecule has 21 heavy (non-hydrogen) atoms. The van der Waals surface area contributed by atoms with Crippen LogP contribution in [0.5, 0.6) is 0 Å². The number of hydrogen-bond donors (Lipinski definition) is 0. The van der Waals surface area contributed by atoms with Gasteiger partial charge in [-0.25, -0.2) is 9.97 Å². The average Bonchev–Trinajstić information content (AvgIpc) is 3.01. The highest BCUT2D eigenvalue weighted by Crippen LogP contribution is 2.37. The smallest absolute Gasteiger partial charge is 0.222 e. The molecule has 0 spiro atoms. The lowest BCUT2D eigenvalue weighted by Gasteiger charge is -2.34. The van der Waals surface area contributed by atoms with Crippen LogP contribution in [0.15, 0.2) is 17.0 Å². The van der Waals surface area contributed by atoms with E-state index in [1.165, 1.54) is 0 Å². The molecule has 110 valence electrons. The van der Waals surface area contributed by atoms with Gasteiger partial charge in [-0.05, 0) is 35.2 Å². The number of nitrogens with zero attached hydrogens (tertiary/aromatic N) is 4. The number of hydrogen-bond acceptors (Lipinski definition) is 3. The van der Waals surface area contributed by atoms with E-state index in [4.69, 9.17) is 11.6 Å². The van der Waals surface area contributed by atoms with Crippen LogP contribution in [0.3, 0.4) is 0 Å². The average molecular weight is 370 g/mol. The molecule has 2 aliphatic heterocycles. The van der Waals surface area contributed by atoms with E-state index in [-0.39, 0.29) is 11.8 Å². The fourth-order valence-electron chi connectivity index (χ4n) is 3.55. The van der Waals surface area contributed by atoms with Crippen molar-refractivity contribution in [2.75, 3.05) is 6.54 Å². The van der Waals surface area contributed by atoms with Crippen LogP contribution in [0.4, 0.5) is 0 Å². The number of amides is 1. The van der Waals surface area contributed by atoms with Gasteiger partial charge in [-0.2, -0.15) is 0 Å². The van der Waals surface area contributed by atoms with E-state index < -0.39 is 0 Å². The van der Waals surface area contributed by atoms with Gasteiger partial charge in [0.05, 0.1) is 0 Å². The maximum absolute atomic E-state index is 12.0. The van der Waals surface area contributed by atoms with E-state index in [0.29, 0.717) is 22.2 Å². The molecule has 0 aliphatic carbocycles. The molecular formula is C14H14BrClN4O. The monoisotopic (exact) mass is 368 g/mol. The molecule has 2 saturated heterocycles. The zero-order valence-electron chi connectivity index (χ0n) is 11.3. The summed E-state index contributed by atoms with van der Waals surface area (Å²) >= 11 is 9.63. The van der Waals surface area contributed by atoms with Crippen molar-refractivity contribution in [1.29, 1.82) is 0 Å². The summed E-state index contributed by atoms with van der Waals surface area (Å²) in [7, 11) is 0. The molecule has 2 unspecified atom stereocenters. The molecule has 2 fully saturated rings. The topological polar surface area (TPSA) is 50.5 Å². The maximum Gasteiger partial charge on any atom is 0.222 e. The number of imidazole rings is 1. The number of halogens is 2. The van der Waals surface area contributed by atoms with Crippen molar-refractivity contribution in [2.45, 2.75) is 37.6 Å². The lowest BCUT2D eigenvalue weighted by Crippen LogP contribution is -2.41. The summed E-state index contributed by atoms with van der Waals surface area (Å²) < 4.78 is 2.70. The molecule has 4 rings (SSSR count). The Morgan fingerprint density at radius 3 is 3.05 bits per heavy atom. The summed E-state index contributed by atoms with van der Waals surface area (Å²) in [6.45, 7) is 0.759. The summed E-state index contributed by atoms with van der Waals surface area (Å²) in [5.74, 6) is 1.49. The van der Waals surface area contributed by atoms with Crippen LogP contribution in [0, 0.1) is 0 Å². The van der Waals surface area contributed by atoms with Crippen LogP contribution in [-0.4, -0.2) is 37.8 Å². The lowest BCUT2D eigenvalue weighted by molar-refractivity contribution is -0.130. The van der Waals surface area contributed by atoms with Crippen LogP contribution >= 0.6 is 27.5 Å². The Morgan fingerprint density at radius 1 is 1.33 bits per heavy atom. The number of aromatic nitrogens is 3. The fourth-order valence-corrected chi connectivity index (χ4v) is 4.46. The molecule has 0 N–H and O–H groups in total. The number of piperidine rings is 1.